The second-order valence-corrected chi connectivity index (χ2v) is 4.76. The first-order valence-electron chi connectivity index (χ1n) is 5.62. The highest BCUT2D eigenvalue weighted by atomic mass is 79.9. The molecule has 13 heavy (non-hydrogen) atoms. The van der Waals surface area contributed by atoms with E-state index >= 15 is 0 Å². The number of alkyl halides is 1. The molecule has 0 saturated carbocycles. The first kappa shape index (κ1) is 13.2. The van der Waals surface area contributed by atoms with Gasteiger partial charge in [-0.1, -0.05) is 74.0 Å². The molecule has 0 aromatic heterocycles. The Kier molecular flexibility index (Phi) is 10.5. The van der Waals surface area contributed by atoms with Crippen molar-refractivity contribution in [2.45, 2.75) is 63.6 Å². The zero-order valence-corrected chi connectivity index (χ0v) is 10.6. The Morgan fingerprint density at radius 1 is 1.08 bits per heavy atom. The highest BCUT2D eigenvalue weighted by Gasteiger charge is 1.97. The number of hydrogen-bond donors (Lipinski definition) is 0. The van der Waals surface area contributed by atoms with Crippen LogP contribution in [0.25, 0.3) is 0 Å². The fourth-order valence-electron chi connectivity index (χ4n) is 1.25. The van der Waals surface area contributed by atoms with Gasteiger partial charge in [0.1, 0.15) is 0 Å². The van der Waals surface area contributed by atoms with Crippen LogP contribution in [0.2, 0.25) is 0 Å². The van der Waals surface area contributed by atoms with Crippen molar-refractivity contribution in [3.8, 4) is 0 Å². The molecule has 0 fully saturated rings. The summed E-state index contributed by atoms with van der Waals surface area (Å²) >= 11 is 3.67. The van der Waals surface area contributed by atoms with E-state index in [9.17, 15) is 0 Å². The second-order valence-electron chi connectivity index (χ2n) is 3.58. The van der Waals surface area contributed by atoms with Crippen LogP contribution in [-0.4, -0.2) is 4.83 Å². The van der Waals surface area contributed by atoms with E-state index in [1.807, 2.05) is 0 Å². The first-order valence-corrected chi connectivity index (χ1v) is 6.53. The molecule has 0 bridgehead atoms. The molecule has 78 valence electrons. The average Bonchev–Trinajstić information content (AvgIpc) is 2.13. The van der Waals surface area contributed by atoms with Gasteiger partial charge in [-0.25, -0.2) is 0 Å². The van der Waals surface area contributed by atoms with Crippen molar-refractivity contribution >= 4 is 15.9 Å². The summed E-state index contributed by atoms with van der Waals surface area (Å²) in [7, 11) is 0. The molecule has 1 heteroatoms. The van der Waals surface area contributed by atoms with E-state index < -0.39 is 0 Å². The Morgan fingerprint density at radius 2 is 1.77 bits per heavy atom. The highest BCUT2D eigenvalue weighted by molar-refractivity contribution is 9.09. The predicted octanol–water partition coefficient (Wildman–Crippen LogP) is 5.08. The third-order valence-electron chi connectivity index (χ3n) is 2.15. The number of rotatable bonds is 8. The molecule has 1 unspecified atom stereocenters. The third kappa shape index (κ3) is 10.1. The number of hydrogen-bond acceptors (Lipinski definition) is 0. The van der Waals surface area contributed by atoms with Crippen molar-refractivity contribution in [2.24, 2.45) is 0 Å². The fraction of sp³-hybridized carbons (Fsp3) is 0.833. The minimum atomic E-state index is 0.607. The molecule has 0 rings (SSSR count). The maximum atomic E-state index is 3.67. The van der Waals surface area contributed by atoms with Gasteiger partial charge in [0.15, 0.2) is 0 Å². The largest absolute Gasteiger partial charge is 0.0874 e. The maximum absolute atomic E-state index is 3.67. The van der Waals surface area contributed by atoms with E-state index in [1.54, 1.807) is 0 Å². The van der Waals surface area contributed by atoms with Crippen molar-refractivity contribution in [1.29, 1.82) is 0 Å². The van der Waals surface area contributed by atoms with Gasteiger partial charge in [-0.15, -0.1) is 0 Å². The molecule has 0 aliphatic carbocycles. The lowest BCUT2D eigenvalue weighted by Crippen LogP contribution is -1.91. The topological polar surface area (TPSA) is 0 Å². The van der Waals surface area contributed by atoms with Crippen LogP contribution in [0.5, 0.6) is 0 Å². The molecule has 0 N–H and O–H groups in total. The molecule has 0 nitrogen and oxygen atoms in total. The van der Waals surface area contributed by atoms with E-state index in [0.29, 0.717) is 4.83 Å². The maximum Gasteiger partial charge on any atom is 0.0325 e. The molecule has 0 heterocycles. The summed E-state index contributed by atoms with van der Waals surface area (Å²) in [6.45, 7) is 4.49. The molecule has 0 radical (unpaired) electrons. The third-order valence-corrected chi connectivity index (χ3v) is 2.92. The summed E-state index contributed by atoms with van der Waals surface area (Å²) in [6, 6.07) is 0. The summed E-state index contributed by atoms with van der Waals surface area (Å²) in [5.41, 5.74) is 0. The van der Waals surface area contributed by atoms with Gasteiger partial charge in [-0.2, -0.15) is 0 Å². The quantitative estimate of drug-likeness (QED) is 0.319. The van der Waals surface area contributed by atoms with Crippen LogP contribution in [0.4, 0.5) is 0 Å². The first-order chi connectivity index (χ1) is 6.31. The molecule has 0 aromatic carbocycles. The second kappa shape index (κ2) is 10.3. The molecule has 1 atom stereocenters. The minimum Gasteiger partial charge on any atom is -0.0874 e. The van der Waals surface area contributed by atoms with Crippen LogP contribution < -0.4 is 0 Å². The Morgan fingerprint density at radius 3 is 2.38 bits per heavy atom. The number of halogens is 1. The molecule has 0 aromatic rings. The Labute approximate surface area is 91.9 Å². The summed E-state index contributed by atoms with van der Waals surface area (Å²) < 4.78 is 0. The lowest BCUT2D eigenvalue weighted by Gasteiger charge is -2.02. The van der Waals surface area contributed by atoms with E-state index in [0.717, 1.165) is 0 Å². The molecular weight excluding hydrogens is 224 g/mol. The van der Waals surface area contributed by atoms with Gasteiger partial charge in [-0.05, 0) is 12.8 Å². The molecule has 0 aliphatic heterocycles. The lowest BCUT2D eigenvalue weighted by molar-refractivity contribution is 0.683. The van der Waals surface area contributed by atoms with Gasteiger partial charge < -0.3 is 0 Å². The molecule has 0 spiro atoms. The summed E-state index contributed by atoms with van der Waals surface area (Å²) in [4.78, 5) is 0.607. The Hall–Kier alpha value is 0.220. The SMILES string of the molecule is CCCC/C=C/C(Br)CCCCC. The standard InChI is InChI=1S/C12H23Br/c1-3-5-7-9-11-12(13)10-8-6-4-2/h9,11-12H,3-8,10H2,1-2H3/b11-9+. The van der Waals surface area contributed by atoms with Gasteiger partial charge in [0, 0.05) is 4.83 Å². The van der Waals surface area contributed by atoms with Crippen molar-refractivity contribution in [3.63, 3.8) is 0 Å². The Balaban J connectivity index is 3.27. The normalized spacial score (nSPS) is 13.8. The molecule has 0 aliphatic rings. The summed E-state index contributed by atoms with van der Waals surface area (Å²) in [6.07, 6.45) is 13.8. The summed E-state index contributed by atoms with van der Waals surface area (Å²) in [5.74, 6) is 0. The zero-order valence-electron chi connectivity index (χ0n) is 9.06. The van der Waals surface area contributed by atoms with Crippen LogP contribution in [0.15, 0.2) is 12.2 Å². The van der Waals surface area contributed by atoms with E-state index in [1.165, 1.54) is 44.9 Å². The van der Waals surface area contributed by atoms with Crippen LogP contribution in [0.3, 0.4) is 0 Å². The molecular formula is C12H23Br. The zero-order chi connectivity index (χ0) is 9.94. The van der Waals surface area contributed by atoms with Crippen molar-refractivity contribution in [2.75, 3.05) is 0 Å². The fourth-order valence-corrected chi connectivity index (χ4v) is 1.79. The van der Waals surface area contributed by atoms with Crippen LogP contribution in [0.1, 0.15) is 58.8 Å². The smallest absolute Gasteiger partial charge is 0.0325 e. The predicted molar refractivity (Wildman–Crippen MR) is 65.5 cm³/mol. The highest BCUT2D eigenvalue weighted by Crippen LogP contribution is 2.12. The number of unbranched alkanes of at least 4 members (excludes halogenated alkanes) is 4. The average molecular weight is 247 g/mol. The summed E-state index contributed by atoms with van der Waals surface area (Å²) in [5, 5.41) is 0. The van der Waals surface area contributed by atoms with Crippen LogP contribution in [-0.2, 0) is 0 Å². The van der Waals surface area contributed by atoms with Crippen molar-refractivity contribution < 1.29 is 0 Å². The van der Waals surface area contributed by atoms with Gasteiger partial charge in [0.2, 0.25) is 0 Å². The number of allylic oxidation sites excluding steroid dienone is 2. The van der Waals surface area contributed by atoms with Crippen molar-refractivity contribution in [3.05, 3.63) is 12.2 Å². The minimum absolute atomic E-state index is 0.607. The Bertz CT molecular complexity index is 118. The van der Waals surface area contributed by atoms with Crippen LogP contribution in [0, 0.1) is 0 Å². The van der Waals surface area contributed by atoms with E-state index in [-0.39, 0.29) is 0 Å². The van der Waals surface area contributed by atoms with Crippen molar-refractivity contribution in [1.82, 2.24) is 0 Å². The van der Waals surface area contributed by atoms with Crippen LogP contribution >= 0.6 is 15.9 Å². The van der Waals surface area contributed by atoms with E-state index in [2.05, 4.69) is 41.9 Å². The monoisotopic (exact) mass is 246 g/mol. The van der Waals surface area contributed by atoms with Gasteiger partial charge >= 0.3 is 0 Å². The van der Waals surface area contributed by atoms with Gasteiger partial charge in [0.05, 0.1) is 0 Å². The van der Waals surface area contributed by atoms with Gasteiger partial charge in [0.25, 0.3) is 0 Å². The van der Waals surface area contributed by atoms with Gasteiger partial charge in [-0.3, -0.25) is 0 Å². The van der Waals surface area contributed by atoms with E-state index in [4.69, 9.17) is 0 Å². The molecule has 0 amide bonds. The molecule has 0 saturated heterocycles. The lowest BCUT2D eigenvalue weighted by atomic mass is 10.1.